The fraction of sp³-hybridized carbons (Fsp3) is 0.278. The molecule has 2 aromatic heterocycles. The molecule has 1 atom stereocenters. The van der Waals surface area contributed by atoms with E-state index in [4.69, 9.17) is 0 Å². The number of carbonyl (C=O) groups is 1. The van der Waals surface area contributed by atoms with Gasteiger partial charge in [0, 0.05) is 43.8 Å². The second kappa shape index (κ2) is 8.49. The second-order valence-electron chi connectivity index (χ2n) is 6.13. The molecule has 26 heavy (non-hydrogen) atoms. The molecule has 8 heteroatoms. The van der Waals surface area contributed by atoms with Gasteiger partial charge in [0.1, 0.15) is 6.04 Å². The van der Waals surface area contributed by atoms with Crippen LogP contribution in [-0.4, -0.2) is 39.4 Å². The zero-order valence-corrected chi connectivity index (χ0v) is 15.9. The molecular formula is C18H21Cl2N5O. The molecule has 138 valence electrons. The molecule has 0 spiro atoms. The fourth-order valence-corrected chi connectivity index (χ4v) is 3.22. The van der Waals surface area contributed by atoms with Crippen molar-refractivity contribution in [3.63, 3.8) is 0 Å². The predicted octanol–water partition coefficient (Wildman–Crippen LogP) is 2.65. The summed E-state index contributed by atoms with van der Waals surface area (Å²) in [6.45, 7) is 1.34. The molecule has 4 rings (SSSR count). The summed E-state index contributed by atoms with van der Waals surface area (Å²) in [4.78, 5) is 26.3. The van der Waals surface area contributed by atoms with Crippen molar-refractivity contribution in [2.24, 2.45) is 0 Å². The number of benzene rings is 1. The molecule has 3 heterocycles. The summed E-state index contributed by atoms with van der Waals surface area (Å²) in [5.41, 5.74) is 3.92. The van der Waals surface area contributed by atoms with E-state index in [9.17, 15) is 4.79 Å². The van der Waals surface area contributed by atoms with Crippen LogP contribution >= 0.6 is 24.8 Å². The standard InChI is InChI=1S/C18H19N5O.2ClH/c1-23(10-12-4-5-14-13(9-12)3-2-7-19-14)18(24)17-16-15(6-8-20-17)21-11-22-16;;/h2-5,7,9,11,17,20H,6,8,10H2,1H3,(H,21,22);2*1H. The highest BCUT2D eigenvalue weighted by Gasteiger charge is 2.30. The number of H-pyrrole nitrogens is 1. The van der Waals surface area contributed by atoms with E-state index in [-0.39, 0.29) is 36.8 Å². The van der Waals surface area contributed by atoms with Gasteiger partial charge in [-0.1, -0.05) is 12.1 Å². The molecular weight excluding hydrogens is 373 g/mol. The van der Waals surface area contributed by atoms with E-state index in [2.05, 4.69) is 26.3 Å². The smallest absolute Gasteiger partial charge is 0.246 e. The maximum absolute atomic E-state index is 12.8. The van der Waals surface area contributed by atoms with Crippen LogP contribution in [-0.2, 0) is 17.8 Å². The van der Waals surface area contributed by atoms with Gasteiger partial charge in [0.25, 0.3) is 0 Å². The van der Waals surface area contributed by atoms with Gasteiger partial charge in [-0.05, 0) is 23.8 Å². The van der Waals surface area contributed by atoms with Crippen molar-refractivity contribution >= 4 is 41.6 Å². The van der Waals surface area contributed by atoms with Crippen LogP contribution in [0.5, 0.6) is 0 Å². The SMILES string of the molecule is CN(Cc1ccc2ncccc2c1)C(=O)C1NCCc2[nH]cnc21.Cl.Cl. The molecule has 0 saturated carbocycles. The van der Waals surface area contributed by atoms with Crippen molar-refractivity contribution in [3.8, 4) is 0 Å². The monoisotopic (exact) mass is 393 g/mol. The Bertz CT molecular complexity index is 898. The number of imidazole rings is 1. The van der Waals surface area contributed by atoms with Crippen molar-refractivity contribution in [2.75, 3.05) is 13.6 Å². The number of pyridine rings is 1. The molecule has 0 fully saturated rings. The minimum absolute atomic E-state index is 0. The van der Waals surface area contributed by atoms with E-state index >= 15 is 0 Å². The Hall–Kier alpha value is -2.15. The molecule has 1 aliphatic rings. The van der Waals surface area contributed by atoms with Crippen LogP contribution in [0.15, 0.2) is 42.9 Å². The van der Waals surface area contributed by atoms with Crippen molar-refractivity contribution in [1.29, 1.82) is 0 Å². The molecule has 0 bridgehead atoms. The summed E-state index contributed by atoms with van der Waals surface area (Å²) in [6, 6.07) is 9.69. The molecule has 0 radical (unpaired) electrons. The zero-order valence-electron chi connectivity index (χ0n) is 14.3. The number of likely N-dealkylation sites (N-methyl/N-ethyl adjacent to an activating group) is 1. The largest absolute Gasteiger partial charge is 0.348 e. The molecule has 6 nitrogen and oxygen atoms in total. The highest BCUT2D eigenvalue weighted by Crippen LogP contribution is 2.22. The average Bonchev–Trinajstić information content (AvgIpc) is 3.09. The van der Waals surface area contributed by atoms with Crippen LogP contribution in [0, 0.1) is 0 Å². The van der Waals surface area contributed by atoms with Crippen molar-refractivity contribution in [3.05, 3.63) is 59.8 Å². The molecule has 1 unspecified atom stereocenters. The van der Waals surface area contributed by atoms with E-state index in [1.54, 1.807) is 17.4 Å². The van der Waals surface area contributed by atoms with E-state index < -0.39 is 0 Å². The molecule has 2 N–H and O–H groups in total. The van der Waals surface area contributed by atoms with Crippen LogP contribution in [0.4, 0.5) is 0 Å². The zero-order chi connectivity index (χ0) is 16.5. The van der Waals surface area contributed by atoms with Gasteiger partial charge in [0.05, 0.1) is 17.5 Å². The minimum Gasteiger partial charge on any atom is -0.348 e. The quantitative estimate of drug-likeness (QED) is 0.717. The van der Waals surface area contributed by atoms with Crippen LogP contribution in [0.3, 0.4) is 0 Å². The second-order valence-corrected chi connectivity index (χ2v) is 6.13. The predicted molar refractivity (Wildman–Crippen MR) is 106 cm³/mol. The number of nitrogens with one attached hydrogen (secondary N) is 2. The van der Waals surface area contributed by atoms with E-state index in [1.807, 2.05) is 31.3 Å². The number of fused-ring (bicyclic) bond motifs is 2. The number of carbonyl (C=O) groups excluding carboxylic acids is 1. The first-order valence-electron chi connectivity index (χ1n) is 8.06. The average molecular weight is 394 g/mol. The normalized spacial score (nSPS) is 15.5. The van der Waals surface area contributed by atoms with Gasteiger partial charge in [-0.2, -0.15) is 0 Å². The third-order valence-corrected chi connectivity index (χ3v) is 4.46. The van der Waals surface area contributed by atoms with Gasteiger partial charge >= 0.3 is 0 Å². The number of amides is 1. The number of aromatic nitrogens is 3. The van der Waals surface area contributed by atoms with Crippen molar-refractivity contribution in [1.82, 2.24) is 25.2 Å². The van der Waals surface area contributed by atoms with Crippen LogP contribution in [0.1, 0.15) is 23.0 Å². The Morgan fingerprint density at radius 1 is 1.27 bits per heavy atom. The van der Waals surface area contributed by atoms with Gasteiger partial charge in [0.15, 0.2) is 0 Å². The Labute approximate surface area is 164 Å². The summed E-state index contributed by atoms with van der Waals surface area (Å²) in [5.74, 6) is 0.0364. The minimum atomic E-state index is -0.368. The Kier molecular flexibility index (Phi) is 6.58. The third kappa shape index (κ3) is 3.82. The molecule has 0 aliphatic carbocycles. The van der Waals surface area contributed by atoms with Gasteiger partial charge in [-0.25, -0.2) is 4.98 Å². The first-order chi connectivity index (χ1) is 11.7. The topological polar surface area (TPSA) is 73.9 Å². The lowest BCUT2D eigenvalue weighted by atomic mass is 10.0. The third-order valence-electron chi connectivity index (χ3n) is 4.46. The molecule has 1 amide bonds. The Morgan fingerprint density at radius 2 is 2.12 bits per heavy atom. The lowest BCUT2D eigenvalue weighted by Gasteiger charge is -2.27. The van der Waals surface area contributed by atoms with Crippen LogP contribution < -0.4 is 5.32 Å². The number of aromatic amines is 1. The number of nitrogens with zero attached hydrogens (tertiary/aromatic N) is 3. The first-order valence-corrected chi connectivity index (χ1v) is 8.06. The molecule has 3 aromatic rings. The van der Waals surface area contributed by atoms with E-state index in [0.717, 1.165) is 40.8 Å². The first kappa shape index (κ1) is 20.2. The Balaban J connectivity index is 0.00000121. The van der Waals surface area contributed by atoms with Crippen LogP contribution in [0.25, 0.3) is 10.9 Å². The summed E-state index contributed by atoms with van der Waals surface area (Å²) in [7, 11) is 1.83. The van der Waals surface area contributed by atoms with Crippen LogP contribution in [0.2, 0.25) is 0 Å². The highest BCUT2D eigenvalue weighted by molar-refractivity contribution is 5.86. The summed E-state index contributed by atoms with van der Waals surface area (Å²) in [6.07, 6.45) is 4.32. The van der Waals surface area contributed by atoms with Crippen molar-refractivity contribution < 1.29 is 4.79 Å². The molecule has 1 aromatic carbocycles. The van der Waals surface area contributed by atoms with Gasteiger partial charge in [-0.15, -0.1) is 24.8 Å². The maximum Gasteiger partial charge on any atom is 0.246 e. The van der Waals surface area contributed by atoms with Gasteiger partial charge < -0.3 is 15.2 Å². The van der Waals surface area contributed by atoms with Gasteiger partial charge in [-0.3, -0.25) is 9.78 Å². The van der Waals surface area contributed by atoms with Gasteiger partial charge in [0.2, 0.25) is 5.91 Å². The summed E-state index contributed by atoms with van der Waals surface area (Å²) < 4.78 is 0. The lowest BCUT2D eigenvalue weighted by molar-refractivity contribution is -0.133. The molecule has 1 aliphatic heterocycles. The highest BCUT2D eigenvalue weighted by atomic mass is 35.5. The lowest BCUT2D eigenvalue weighted by Crippen LogP contribution is -2.42. The summed E-state index contributed by atoms with van der Waals surface area (Å²) in [5, 5.41) is 4.36. The number of rotatable bonds is 3. The van der Waals surface area contributed by atoms with E-state index in [1.165, 1.54) is 0 Å². The number of hydrogen-bond acceptors (Lipinski definition) is 4. The van der Waals surface area contributed by atoms with E-state index in [0.29, 0.717) is 6.54 Å². The summed E-state index contributed by atoms with van der Waals surface area (Å²) >= 11 is 0. The number of halogens is 2. The number of hydrogen-bond donors (Lipinski definition) is 2. The maximum atomic E-state index is 12.8. The van der Waals surface area contributed by atoms with Crippen molar-refractivity contribution in [2.45, 2.75) is 19.0 Å². The fourth-order valence-electron chi connectivity index (χ4n) is 3.22. The molecule has 0 saturated heterocycles. The Morgan fingerprint density at radius 3 is 2.96 bits per heavy atom.